The summed E-state index contributed by atoms with van der Waals surface area (Å²) < 4.78 is 5.32. The normalized spacial score (nSPS) is 12.7. The summed E-state index contributed by atoms with van der Waals surface area (Å²) in [5.74, 6) is 0.207. The van der Waals surface area contributed by atoms with Crippen LogP contribution in [0, 0.1) is 11.3 Å². The largest absolute Gasteiger partial charge is 0.457 e. The van der Waals surface area contributed by atoms with Crippen molar-refractivity contribution in [3.05, 3.63) is 12.7 Å². The number of ether oxygens (including phenoxy) is 1. The van der Waals surface area contributed by atoms with Crippen molar-refractivity contribution >= 4 is 5.97 Å². The molecule has 0 saturated carbocycles. The van der Waals surface area contributed by atoms with Crippen LogP contribution in [0.1, 0.15) is 48.0 Å². The Labute approximate surface area is 93.7 Å². The van der Waals surface area contributed by atoms with Crippen LogP contribution >= 0.6 is 0 Å². The van der Waals surface area contributed by atoms with Gasteiger partial charge in [-0.05, 0) is 31.6 Å². The van der Waals surface area contributed by atoms with Crippen molar-refractivity contribution in [2.45, 2.75) is 53.6 Å². The van der Waals surface area contributed by atoms with Crippen molar-refractivity contribution in [1.29, 1.82) is 0 Å². The molecule has 0 aromatic carbocycles. The first kappa shape index (κ1) is 14.2. The lowest BCUT2D eigenvalue weighted by molar-refractivity contribution is -0.153. The number of carbonyl (C=O) groups is 1. The summed E-state index contributed by atoms with van der Waals surface area (Å²) in [6.45, 7) is 16.1. The van der Waals surface area contributed by atoms with Crippen LogP contribution in [-0.4, -0.2) is 11.6 Å². The Morgan fingerprint density at radius 2 is 1.80 bits per heavy atom. The van der Waals surface area contributed by atoms with E-state index in [1.54, 1.807) is 0 Å². The lowest BCUT2D eigenvalue weighted by Gasteiger charge is -2.37. The smallest absolute Gasteiger partial charge is 0.330 e. The molecule has 88 valence electrons. The van der Waals surface area contributed by atoms with Crippen molar-refractivity contribution in [2.24, 2.45) is 11.3 Å². The van der Waals surface area contributed by atoms with Gasteiger partial charge in [0.2, 0.25) is 0 Å². The standard InChI is InChI=1S/C13H24O2/c1-8-11(14)15-13(6,7)9-12(4,5)10(2)3/h8,10H,1,9H2,2-7H3. The van der Waals surface area contributed by atoms with Gasteiger partial charge < -0.3 is 4.74 Å². The molecule has 0 aliphatic carbocycles. The molecule has 0 spiro atoms. The topological polar surface area (TPSA) is 26.3 Å². The highest BCUT2D eigenvalue weighted by atomic mass is 16.6. The zero-order chi connectivity index (χ0) is 12.3. The Bertz CT molecular complexity index is 237. The zero-order valence-corrected chi connectivity index (χ0v) is 10.9. The van der Waals surface area contributed by atoms with E-state index < -0.39 is 5.60 Å². The van der Waals surface area contributed by atoms with Gasteiger partial charge in [-0.15, -0.1) is 0 Å². The number of esters is 1. The molecule has 0 aromatic rings. The second kappa shape index (κ2) is 4.82. The first-order valence-corrected chi connectivity index (χ1v) is 5.46. The SMILES string of the molecule is C=CC(=O)OC(C)(C)CC(C)(C)C(C)C. The van der Waals surface area contributed by atoms with E-state index in [1.807, 2.05) is 13.8 Å². The average Bonchev–Trinajstić information content (AvgIpc) is 2.00. The van der Waals surface area contributed by atoms with E-state index in [0.717, 1.165) is 6.42 Å². The number of carbonyl (C=O) groups excluding carboxylic acids is 1. The van der Waals surface area contributed by atoms with Gasteiger partial charge in [0.05, 0.1) is 0 Å². The Morgan fingerprint density at radius 1 is 1.33 bits per heavy atom. The molecule has 2 heteroatoms. The summed E-state index contributed by atoms with van der Waals surface area (Å²) in [5, 5.41) is 0. The minimum Gasteiger partial charge on any atom is -0.457 e. The van der Waals surface area contributed by atoms with Crippen molar-refractivity contribution in [1.82, 2.24) is 0 Å². The molecular weight excluding hydrogens is 188 g/mol. The van der Waals surface area contributed by atoms with Crippen molar-refractivity contribution in [2.75, 3.05) is 0 Å². The number of rotatable bonds is 5. The fourth-order valence-electron chi connectivity index (χ4n) is 1.65. The van der Waals surface area contributed by atoms with Gasteiger partial charge in [0, 0.05) is 6.08 Å². The van der Waals surface area contributed by atoms with Crippen LogP contribution in [0.4, 0.5) is 0 Å². The molecule has 0 aliphatic heterocycles. The molecule has 0 unspecified atom stereocenters. The van der Waals surface area contributed by atoms with E-state index in [4.69, 9.17) is 4.74 Å². The van der Waals surface area contributed by atoms with E-state index >= 15 is 0 Å². The van der Waals surface area contributed by atoms with Gasteiger partial charge >= 0.3 is 5.97 Å². The second-order valence-corrected chi connectivity index (χ2v) is 5.70. The van der Waals surface area contributed by atoms with Crippen LogP contribution in [0.15, 0.2) is 12.7 Å². The van der Waals surface area contributed by atoms with Gasteiger partial charge in [-0.2, -0.15) is 0 Å². The quantitative estimate of drug-likeness (QED) is 0.514. The molecule has 0 amide bonds. The zero-order valence-electron chi connectivity index (χ0n) is 10.9. The van der Waals surface area contributed by atoms with Gasteiger partial charge in [0.25, 0.3) is 0 Å². The molecule has 0 aromatic heterocycles. The Hall–Kier alpha value is -0.790. The maximum atomic E-state index is 11.1. The summed E-state index contributed by atoms with van der Waals surface area (Å²) in [6.07, 6.45) is 2.06. The second-order valence-electron chi connectivity index (χ2n) is 5.70. The monoisotopic (exact) mass is 212 g/mol. The lowest BCUT2D eigenvalue weighted by atomic mass is 9.73. The van der Waals surface area contributed by atoms with E-state index in [2.05, 4.69) is 34.3 Å². The predicted octanol–water partition coefficient (Wildman–Crippen LogP) is 3.57. The Balaban J connectivity index is 4.49. The molecule has 0 N–H and O–H groups in total. The van der Waals surface area contributed by atoms with E-state index in [9.17, 15) is 4.79 Å². The molecule has 0 aliphatic rings. The molecule has 2 nitrogen and oxygen atoms in total. The van der Waals surface area contributed by atoms with Crippen LogP contribution in [0.2, 0.25) is 0 Å². The van der Waals surface area contributed by atoms with Crippen LogP contribution in [0.5, 0.6) is 0 Å². The first-order valence-electron chi connectivity index (χ1n) is 5.46. The third kappa shape index (κ3) is 5.01. The highest BCUT2D eigenvalue weighted by Gasteiger charge is 2.33. The molecule has 0 bridgehead atoms. The summed E-state index contributed by atoms with van der Waals surface area (Å²) in [7, 11) is 0. The van der Waals surface area contributed by atoms with Crippen LogP contribution < -0.4 is 0 Å². The number of hydrogen-bond acceptors (Lipinski definition) is 2. The van der Waals surface area contributed by atoms with E-state index in [-0.39, 0.29) is 11.4 Å². The summed E-state index contributed by atoms with van der Waals surface area (Å²) >= 11 is 0. The molecule has 0 fully saturated rings. The maximum absolute atomic E-state index is 11.1. The van der Waals surface area contributed by atoms with Gasteiger partial charge in [-0.3, -0.25) is 0 Å². The molecule has 0 saturated heterocycles. The molecule has 15 heavy (non-hydrogen) atoms. The van der Waals surface area contributed by atoms with Crippen molar-refractivity contribution < 1.29 is 9.53 Å². The molecule has 0 rings (SSSR count). The summed E-state index contributed by atoms with van der Waals surface area (Å²) in [5.41, 5.74) is -0.274. The van der Waals surface area contributed by atoms with Gasteiger partial charge in [0.15, 0.2) is 0 Å². The Kier molecular flexibility index (Phi) is 4.57. The van der Waals surface area contributed by atoms with Gasteiger partial charge in [-0.25, -0.2) is 4.79 Å². The lowest BCUT2D eigenvalue weighted by Crippen LogP contribution is -2.35. The van der Waals surface area contributed by atoms with E-state index in [0.29, 0.717) is 5.92 Å². The maximum Gasteiger partial charge on any atom is 0.330 e. The number of hydrogen-bond donors (Lipinski definition) is 0. The fourth-order valence-corrected chi connectivity index (χ4v) is 1.65. The van der Waals surface area contributed by atoms with Crippen LogP contribution in [-0.2, 0) is 9.53 Å². The molecular formula is C13H24O2. The third-order valence-corrected chi connectivity index (χ3v) is 2.99. The Morgan fingerprint density at radius 3 is 2.13 bits per heavy atom. The highest BCUT2D eigenvalue weighted by molar-refractivity contribution is 5.81. The van der Waals surface area contributed by atoms with Crippen LogP contribution in [0.3, 0.4) is 0 Å². The molecule has 0 atom stereocenters. The average molecular weight is 212 g/mol. The highest BCUT2D eigenvalue weighted by Crippen LogP contribution is 2.36. The van der Waals surface area contributed by atoms with Gasteiger partial charge in [-0.1, -0.05) is 34.3 Å². The predicted molar refractivity (Wildman–Crippen MR) is 63.6 cm³/mol. The fraction of sp³-hybridized carbons (Fsp3) is 0.769. The minimum atomic E-state index is -0.432. The summed E-state index contributed by atoms with van der Waals surface area (Å²) in [6, 6.07) is 0. The first-order chi connectivity index (χ1) is 6.60. The van der Waals surface area contributed by atoms with Crippen LogP contribution in [0.25, 0.3) is 0 Å². The molecule has 0 heterocycles. The summed E-state index contributed by atoms with van der Waals surface area (Å²) in [4.78, 5) is 11.1. The van der Waals surface area contributed by atoms with Crippen molar-refractivity contribution in [3.63, 3.8) is 0 Å². The molecule has 0 radical (unpaired) electrons. The van der Waals surface area contributed by atoms with Crippen molar-refractivity contribution in [3.8, 4) is 0 Å². The third-order valence-electron chi connectivity index (χ3n) is 2.99. The van der Waals surface area contributed by atoms with E-state index in [1.165, 1.54) is 6.08 Å². The van der Waals surface area contributed by atoms with Gasteiger partial charge in [0.1, 0.15) is 5.60 Å². The minimum absolute atomic E-state index is 0.158.